The Kier molecular flexibility index (Phi) is 4.69. The molecule has 0 amide bonds. The third-order valence-electron chi connectivity index (χ3n) is 3.27. The van der Waals surface area contributed by atoms with Gasteiger partial charge in [0.1, 0.15) is 19.0 Å². The average Bonchev–Trinajstić information content (AvgIpc) is 2.59. The van der Waals surface area contributed by atoms with Gasteiger partial charge in [-0.2, -0.15) is 4.72 Å². The van der Waals surface area contributed by atoms with Gasteiger partial charge in [-0.25, -0.2) is 12.8 Å². The molecule has 0 aliphatic carbocycles. The lowest BCUT2D eigenvalue weighted by atomic mass is 10.2. The molecule has 1 N–H and O–H groups in total. The summed E-state index contributed by atoms with van der Waals surface area (Å²) in [5.41, 5.74) is 0.219. The van der Waals surface area contributed by atoms with E-state index in [4.69, 9.17) is 9.47 Å². The number of hydrogen-bond acceptors (Lipinski definition) is 4. The lowest BCUT2D eigenvalue weighted by Gasteiger charge is -2.18. The Labute approximate surface area is 139 Å². The molecule has 0 atom stereocenters. The molecule has 2 aromatic carbocycles. The van der Waals surface area contributed by atoms with Gasteiger partial charge in [-0.15, -0.1) is 0 Å². The number of ether oxygens (including phenoxy) is 2. The average molecular weight is 347 g/mol. The number of sulfonamides is 1. The Morgan fingerprint density at radius 1 is 1.08 bits per heavy atom. The molecular formula is C17H14FNO4S. The smallest absolute Gasteiger partial charge is 0.241 e. The number of halogens is 1. The molecule has 3 rings (SSSR count). The Morgan fingerprint density at radius 3 is 2.62 bits per heavy atom. The Morgan fingerprint density at radius 2 is 1.83 bits per heavy atom. The monoisotopic (exact) mass is 347 g/mol. The zero-order chi connectivity index (χ0) is 17.0. The van der Waals surface area contributed by atoms with Gasteiger partial charge in [0, 0.05) is 6.07 Å². The highest BCUT2D eigenvalue weighted by Gasteiger charge is 2.18. The summed E-state index contributed by atoms with van der Waals surface area (Å²) in [6.45, 7) is 0.673. The van der Waals surface area contributed by atoms with Crippen LogP contribution in [0.3, 0.4) is 0 Å². The highest BCUT2D eigenvalue weighted by atomic mass is 32.2. The third kappa shape index (κ3) is 3.67. The molecule has 1 aliphatic heterocycles. The summed E-state index contributed by atoms with van der Waals surface area (Å²) in [5, 5.41) is 0. The Balaban J connectivity index is 1.70. The fraction of sp³-hybridized carbons (Fsp3) is 0.176. The first-order chi connectivity index (χ1) is 11.6. The van der Waals surface area contributed by atoms with Gasteiger partial charge in [0.15, 0.2) is 11.5 Å². The number of rotatable bonds is 3. The van der Waals surface area contributed by atoms with Crippen molar-refractivity contribution in [1.29, 1.82) is 0 Å². The van der Waals surface area contributed by atoms with Crippen molar-refractivity contribution in [3.63, 3.8) is 0 Å². The van der Waals surface area contributed by atoms with Crippen LogP contribution in [0.4, 0.5) is 4.39 Å². The molecule has 0 bridgehead atoms. The summed E-state index contributed by atoms with van der Waals surface area (Å²) in [7, 11) is -3.74. The van der Waals surface area contributed by atoms with Crippen LogP contribution >= 0.6 is 0 Å². The molecule has 5 nitrogen and oxygen atoms in total. The maximum absolute atomic E-state index is 13.4. The van der Waals surface area contributed by atoms with Crippen molar-refractivity contribution in [2.45, 2.75) is 4.90 Å². The van der Waals surface area contributed by atoms with E-state index in [9.17, 15) is 12.8 Å². The van der Waals surface area contributed by atoms with Crippen LogP contribution in [-0.2, 0) is 10.0 Å². The van der Waals surface area contributed by atoms with Crippen molar-refractivity contribution in [3.05, 3.63) is 53.8 Å². The Hall–Kier alpha value is -2.56. The SMILES string of the molecule is O=S(=O)(NCC#Cc1ccccc1F)c1ccc2c(c1)OCCO2. The quantitative estimate of drug-likeness (QED) is 0.862. The lowest BCUT2D eigenvalue weighted by molar-refractivity contribution is 0.171. The van der Waals surface area contributed by atoms with Crippen molar-refractivity contribution < 1.29 is 22.3 Å². The van der Waals surface area contributed by atoms with Gasteiger partial charge in [0.25, 0.3) is 0 Å². The van der Waals surface area contributed by atoms with Crippen LogP contribution in [0.25, 0.3) is 0 Å². The third-order valence-corrected chi connectivity index (χ3v) is 4.67. The van der Waals surface area contributed by atoms with E-state index in [1.807, 2.05) is 0 Å². The highest BCUT2D eigenvalue weighted by Crippen LogP contribution is 2.32. The van der Waals surface area contributed by atoms with Crippen LogP contribution in [0.15, 0.2) is 47.4 Å². The molecular weight excluding hydrogens is 333 g/mol. The van der Waals surface area contributed by atoms with Crippen LogP contribution in [0.2, 0.25) is 0 Å². The molecule has 0 unspecified atom stereocenters. The number of benzene rings is 2. The summed E-state index contributed by atoms with van der Waals surface area (Å²) >= 11 is 0. The van der Waals surface area contributed by atoms with E-state index in [0.717, 1.165) is 0 Å². The van der Waals surface area contributed by atoms with Gasteiger partial charge in [-0.05, 0) is 24.3 Å². The van der Waals surface area contributed by atoms with Crippen LogP contribution < -0.4 is 14.2 Å². The van der Waals surface area contributed by atoms with Crippen molar-refractivity contribution in [3.8, 4) is 23.3 Å². The number of fused-ring (bicyclic) bond motifs is 1. The van der Waals surface area contributed by atoms with Crippen molar-refractivity contribution in [2.75, 3.05) is 19.8 Å². The minimum Gasteiger partial charge on any atom is -0.486 e. The van der Waals surface area contributed by atoms with E-state index >= 15 is 0 Å². The van der Waals surface area contributed by atoms with Crippen LogP contribution in [-0.4, -0.2) is 28.2 Å². The maximum Gasteiger partial charge on any atom is 0.241 e. The van der Waals surface area contributed by atoms with E-state index in [1.54, 1.807) is 18.2 Å². The molecule has 0 saturated heterocycles. The van der Waals surface area contributed by atoms with Gasteiger partial charge in [0.05, 0.1) is 17.0 Å². The van der Waals surface area contributed by atoms with E-state index in [-0.39, 0.29) is 17.0 Å². The standard InChI is InChI=1S/C17H14FNO4S/c18-15-6-2-1-4-13(15)5-3-9-19-24(20,21)14-7-8-16-17(12-14)23-11-10-22-16/h1-2,4,6-8,12,19H,9-11H2. The van der Waals surface area contributed by atoms with Crippen molar-refractivity contribution in [2.24, 2.45) is 0 Å². The summed E-state index contributed by atoms with van der Waals surface area (Å²) in [5.74, 6) is 5.64. The fourth-order valence-electron chi connectivity index (χ4n) is 2.11. The zero-order valence-corrected chi connectivity index (χ0v) is 13.4. The van der Waals surface area contributed by atoms with Crippen LogP contribution in [0.5, 0.6) is 11.5 Å². The molecule has 2 aromatic rings. The van der Waals surface area contributed by atoms with Gasteiger partial charge < -0.3 is 9.47 Å². The van der Waals surface area contributed by atoms with Crippen LogP contribution in [0, 0.1) is 17.7 Å². The first kappa shape index (κ1) is 16.3. The topological polar surface area (TPSA) is 64.6 Å². The van der Waals surface area contributed by atoms with Gasteiger partial charge >= 0.3 is 0 Å². The highest BCUT2D eigenvalue weighted by molar-refractivity contribution is 7.89. The largest absolute Gasteiger partial charge is 0.486 e. The van der Waals surface area contributed by atoms with Gasteiger partial charge in [-0.3, -0.25) is 0 Å². The predicted octanol–water partition coefficient (Wildman–Crippen LogP) is 1.93. The van der Waals surface area contributed by atoms with Gasteiger partial charge in [0.2, 0.25) is 10.0 Å². The normalized spacial score (nSPS) is 13.0. The van der Waals surface area contributed by atoms with Crippen LogP contribution in [0.1, 0.15) is 5.56 Å². The second-order valence-corrected chi connectivity index (χ2v) is 6.68. The first-order valence-corrected chi connectivity index (χ1v) is 8.67. The lowest BCUT2D eigenvalue weighted by Crippen LogP contribution is -2.24. The predicted molar refractivity (Wildman–Crippen MR) is 85.9 cm³/mol. The van der Waals surface area contributed by atoms with E-state index < -0.39 is 15.8 Å². The zero-order valence-electron chi connectivity index (χ0n) is 12.6. The minimum absolute atomic E-state index is 0.0550. The van der Waals surface area contributed by atoms with Gasteiger partial charge in [-0.1, -0.05) is 24.0 Å². The first-order valence-electron chi connectivity index (χ1n) is 7.19. The number of hydrogen-bond donors (Lipinski definition) is 1. The summed E-state index contributed by atoms with van der Waals surface area (Å²) in [6, 6.07) is 10.4. The Bertz CT molecular complexity index is 916. The molecule has 0 radical (unpaired) electrons. The second-order valence-electron chi connectivity index (χ2n) is 4.91. The molecule has 24 heavy (non-hydrogen) atoms. The number of nitrogens with one attached hydrogen (secondary N) is 1. The molecule has 0 fully saturated rings. The minimum atomic E-state index is -3.74. The molecule has 0 aromatic heterocycles. The fourth-order valence-corrected chi connectivity index (χ4v) is 3.05. The maximum atomic E-state index is 13.4. The second kappa shape index (κ2) is 6.91. The molecule has 0 saturated carbocycles. The molecule has 1 aliphatic rings. The summed E-state index contributed by atoms with van der Waals surface area (Å²) in [4.78, 5) is 0.0550. The summed E-state index contributed by atoms with van der Waals surface area (Å²) in [6.07, 6.45) is 0. The van der Waals surface area contributed by atoms with Crippen molar-refractivity contribution in [1.82, 2.24) is 4.72 Å². The van der Waals surface area contributed by atoms with E-state index in [2.05, 4.69) is 16.6 Å². The van der Waals surface area contributed by atoms with E-state index in [0.29, 0.717) is 24.7 Å². The molecule has 1 heterocycles. The molecule has 124 valence electrons. The molecule has 7 heteroatoms. The molecule has 0 spiro atoms. The summed E-state index contributed by atoms with van der Waals surface area (Å²) < 4.78 is 51.0. The van der Waals surface area contributed by atoms with Crippen molar-refractivity contribution >= 4 is 10.0 Å². The van der Waals surface area contributed by atoms with E-state index in [1.165, 1.54) is 24.3 Å².